The van der Waals surface area contributed by atoms with Crippen molar-refractivity contribution >= 4 is 11.3 Å². The predicted molar refractivity (Wildman–Crippen MR) is 69.5 cm³/mol. The first kappa shape index (κ1) is 11.6. The van der Waals surface area contributed by atoms with Gasteiger partial charge in [0.1, 0.15) is 5.01 Å². The Kier molecular flexibility index (Phi) is 3.19. The minimum Gasteiger partial charge on any atom is -0.376 e. The average Bonchev–Trinajstić information content (AvgIpc) is 2.84. The van der Waals surface area contributed by atoms with E-state index >= 15 is 0 Å². The largest absolute Gasteiger partial charge is 0.376 e. The van der Waals surface area contributed by atoms with Crippen LogP contribution in [0, 0.1) is 13.8 Å². The van der Waals surface area contributed by atoms with Gasteiger partial charge in [-0.25, -0.2) is 4.98 Å². The minimum atomic E-state index is 0.322. The van der Waals surface area contributed by atoms with Crippen LogP contribution in [0.2, 0.25) is 0 Å². The molecule has 1 aliphatic heterocycles. The number of hydrogen-bond donors (Lipinski definition) is 1. The number of rotatable bonds is 4. The first-order valence-corrected chi connectivity index (χ1v) is 7.37. The summed E-state index contributed by atoms with van der Waals surface area (Å²) in [6, 6.07) is 1.02. The van der Waals surface area contributed by atoms with Gasteiger partial charge in [0.05, 0.1) is 17.8 Å². The molecule has 1 aromatic rings. The third kappa shape index (κ3) is 2.54. The topological polar surface area (TPSA) is 34.2 Å². The highest BCUT2D eigenvalue weighted by Crippen LogP contribution is 2.34. The van der Waals surface area contributed by atoms with Gasteiger partial charge in [0.2, 0.25) is 0 Å². The van der Waals surface area contributed by atoms with Crippen molar-refractivity contribution in [1.82, 2.24) is 10.3 Å². The van der Waals surface area contributed by atoms with E-state index in [-0.39, 0.29) is 0 Å². The van der Waals surface area contributed by atoms with Crippen LogP contribution in [-0.4, -0.2) is 23.7 Å². The second-order valence-electron chi connectivity index (χ2n) is 5.16. The number of nitrogens with zero attached hydrogens (tertiary/aromatic N) is 1. The number of thiazole rings is 1. The molecule has 1 aliphatic carbocycles. The first-order chi connectivity index (χ1) is 8.24. The van der Waals surface area contributed by atoms with E-state index in [1.165, 1.54) is 41.3 Å². The molecule has 0 amide bonds. The molecule has 17 heavy (non-hydrogen) atoms. The summed E-state index contributed by atoms with van der Waals surface area (Å²) < 4.78 is 5.85. The Balaban J connectivity index is 1.80. The van der Waals surface area contributed by atoms with Crippen LogP contribution in [0.5, 0.6) is 0 Å². The molecule has 3 nitrogen and oxygen atoms in total. The maximum absolute atomic E-state index is 5.85. The lowest BCUT2D eigenvalue weighted by molar-refractivity contribution is 0.0774. The molecular weight excluding hydrogens is 232 g/mol. The van der Waals surface area contributed by atoms with Crippen LogP contribution in [0.3, 0.4) is 0 Å². The SMILES string of the molecule is Cc1nc(C(NC2CC2)C2CCCO2)sc1C. The van der Waals surface area contributed by atoms with Crippen LogP contribution in [0.1, 0.15) is 47.3 Å². The molecule has 1 saturated heterocycles. The van der Waals surface area contributed by atoms with Gasteiger partial charge < -0.3 is 10.1 Å². The number of nitrogens with one attached hydrogen (secondary N) is 1. The summed E-state index contributed by atoms with van der Waals surface area (Å²) in [5, 5.41) is 4.93. The van der Waals surface area contributed by atoms with Crippen molar-refractivity contribution in [3.8, 4) is 0 Å². The maximum atomic E-state index is 5.85. The zero-order valence-electron chi connectivity index (χ0n) is 10.5. The summed E-state index contributed by atoms with van der Waals surface area (Å²) in [5.74, 6) is 0. The van der Waals surface area contributed by atoms with Crippen molar-refractivity contribution in [3.05, 3.63) is 15.6 Å². The van der Waals surface area contributed by atoms with Gasteiger partial charge in [0, 0.05) is 17.5 Å². The van der Waals surface area contributed by atoms with Gasteiger partial charge >= 0.3 is 0 Å². The summed E-state index contributed by atoms with van der Waals surface area (Å²) in [7, 11) is 0. The van der Waals surface area contributed by atoms with Gasteiger partial charge in [-0.2, -0.15) is 0 Å². The first-order valence-electron chi connectivity index (χ1n) is 6.55. The van der Waals surface area contributed by atoms with Crippen LogP contribution in [0.15, 0.2) is 0 Å². The average molecular weight is 252 g/mol. The Morgan fingerprint density at radius 2 is 2.18 bits per heavy atom. The fourth-order valence-electron chi connectivity index (χ4n) is 2.34. The maximum Gasteiger partial charge on any atom is 0.113 e. The van der Waals surface area contributed by atoms with Gasteiger partial charge in [-0.1, -0.05) is 0 Å². The smallest absolute Gasteiger partial charge is 0.113 e. The molecule has 0 bridgehead atoms. The Morgan fingerprint density at radius 1 is 1.35 bits per heavy atom. The van der Waals surface area contributed by atoms with Crippen molar-refractivity contribution in [3.63, 3.8) is 0 Å². The molecule has 2 aliphatic rings. The van der Waals surface area contributed by atoms with Crippen molar-refractivity contribution in [1.29, 1.82) is 0 Å². The molecule has 0 radical (unpaired) electrons. The lowest BCUT2D eigenvalue weighted by atomic mass is 10.1. The van der Waals surface area contributed by atoms with Crippen LogP contribution >= 0.6 is 11.3 Å². The second-order valence-corrected chi connectivity index (χ2v) is 6.40. The third-order valence-corrected chi connectivity index (χ3v) is 4.80. The van der Waals surface area contributed by atoms with Crippen molar-refractivity contribution in [2.75, 3.05) is 6.61 Å². The van der Waals surface area contributed by atoms with E-state index < -0.39 is 0 Å². The molecule has 4 heteroatoms. The van der Waals surface area contributed by atoms with Gasteiger partial charge in [0.25, 0.3) is 0 Å². The predicted octanol–water partition coefficient (Wildman–Crippen LogP) is 2.73. The van der Waals surface area contributed by atoms with Crippen LogP contribution in [0.25, 0.3) is 0 Å². The fourth-order valence-corrected chi connectivity index (χ4v) is 3.37. The second kappa shape index (κ2) is 4.67. The van der Waals surface area contributed by atoms with Crippen molar-refractivity contribution in [2.24, 2.45) is 0 Å². The molecule has 1 saturated carbocycles. The van der Waals surface area contributed by atoms with E-state index in [9.17, 15) is 0 Å². The molecule has 1 aromatic heterocycles. The number of aryl methyl sites for hydroxylation is 2. The number of hydrogen-bond acceptors (Lipinski definition) is 4. The lowest BCUT2D eigenvalue weighted by Crippen LogP contribution is -2.33. The monoisotopic (exact) mass is 252 g/mol. The van der Waals surface area contributed by atoms with E-state index in [1.807, 2.05) is 11.3 Å². The van der Waals surface area contributed by atoms with Gasteiger partial charge in [-0.05, 0) is 39.5 Å². The number of ether oxygens (including phenoxy) is 1. The highest BCUT2D eigenvalue weighted by atomic mass is 32.1. The van der Waals surface area contributed by atoms with Crippen LogP contribution in [0.4, 0.5) is 0 Å². The quantitative estimate of drug-likeness (QED) is 0.894. The highest BCUT2D eigenvalue weighted by Gasteiger charge is 2.34. The molecule has 0 spiro atoms. The van der Waals surface area contributed by atoms with Crippen molar-refractivity contribution in [2.45, 2.75) is 57.7 Å². The van der Waals surface area contributed by atoms with Crippen LogP contribution < -0.4 is 5.32 Å². The molecule has 0 aromatic carbocycles. The van der Waals surface area contributed by atoms with E-state index in [0.29, 0.717) is 18.2 Å². The lowest BCUT2D eigenvalue weighted by Gasteiger charge is -2.22. The molecule has 2 unspecified atom stereocenters. The summed E-state index contributed by atoms with van der Waals surface area (Å²) in [4.78, 5) is 6.05. The molecule has 3 rings (SSSR count). The summed E-state index contributed by atoms with van der Waals surface area (Å²) in [5.41, 5.74) is 1.17. The summed E-state index contributed by atoms with van der Waals surface area (Å²) in [6.07, 6.45) is 5.32. The van der Waals surface area contributed by atoms with E-state index in [1.54, 1.807) is 0 Å². The Bertz CT molecular complexity index is 375. The molecule has 2 atom stereocenters. The molecule has 2 fully saturated rings. The van der Waals surface area contributed by atoms with Gasteiger partial charge in [-0.3, -0.25) is 0 Å². The molecule has 2 heterocycles. The zero-order chi connectivity index (χ0) is 11.8. The van der Waals surface area contributed by atoms with E-state index in [2.05, 4.69) is 19.2 Å². The Hall–Kier alpha value is -0.450. The minimum absolute atomic E-state index is 0.322. The normalized spacial score (nSPS) is 26.4. The van der Waals surface area contributed by atoms with E-state index in [0.717, 1.165) is 6.61 Å². The number of aromatic nitrogens is 1. The summed E-state index contributed by atoms with van der Waals surface area (Å²) >= 11 is 1.83. The Morgan fingerprint density at radius 3 is 2.71 bits per heavy atom. The van der Waals surface area contributed by atoms with Gasteiger partial charge in [0.15, 0.2) is 0 Å². The molecule has 94 valence electrons. The fraction of sp³-hybridized carbons (Fsp3) is 0.769. The third-order valence-electron chi connectivity index (χ3n) is 3.64. The van der Waals surface area contributed by atoms with Crippen LogP contribution in [-0.2, 0) is 4.74 Å². The molecule has 1 N–H and O–H groups in total. The standard InChI is InChI=1S/C13H20N2OS/c1-8-9(2)17-13(14-8)12(15-10-5-6-10)11-4-3-7-16-11/h10-12,15H,3-7H2,1-2H3. The van der Waals surface area contributed by atoms with Crippen molar-refractivity contribution < 1.29 is 4.74 Å². The van der Waals surface area contributed by atoms with Gasteiger partial charge in [-0.15, -0.1) is 11.3 Å². The highest BCUT2D eigenvalue weighted by molar-refractivity contribution is 7.11. The molecular formula is C13H20N2OS. The zero-order valence-corrected chi connectivity index (χ0v) is 11.3. The summed E-state index contributed by atoms with van der Waals surface area (Å²) in [6.45, 7) is 5.16. The Labute approximate surface area is 107 Å². The van der Waals surface area contributed by atoms with E-state index in [4.69, 9.17) is 9.72 Å².